The van der Waals surface area contributed by atoms with Gasteiger partial charge in [-0.25, -0.2) is 13.8 Å². The van der Waals surface area contributed by atoms with Crippen LogP contribution in [0.1, 0.15) is 11.1 Å². The summed E-state index contributed by atoms with van der Waals surface area (Å²) in [6.45, 7) is 1.12. The Bertz CT molecular complexity index is 1410. The largest absolute Gasteiger partial charge is 0.484 e. The second-order valence-electron chi connectivity index (χ2n) is 7.91. The Morgan fingerprint density at radius 1 is 1.03 bits per heavy atom. The molecule has 3 aromatic carbocycles. The van der Waals surface area contributed by atoms with Crippen LogP contribution in [-0.2, 0) is 19.6 Å². The van der Waals surface area contributed by atoms with Crippen molar-refractivity contribution >= 4 is 62.6 Å². The summed E-state index contributed by atoms with van der Waals surface area (Å²) >= 11 is 12.0. The molecule has 0 saturated heterocycles. The number of hydrogen-bond acceptors (Lipinski definition) is 6. The van der Waals surface area contributed by atoms with E-state index in [9.17, 15) is 18.0 Å². The van der Waals surface area contributed by atoms with Crippen molar-refractivity contribution in [2.45, 2.75) is 6.92 Å². The molecule has 0 saturated carbocycles. The number of anilines is 2. The van der Waals surface area contributed by atoms with Crippen LogP contribution in [0, 0.1) is 6.92 Å². The number of rotatable bonds is 10. The highest BCUT2D eigenvalue weighted by atomic mass is 35.5. The Morgan fingerprint density at radius 2 is 1.76 bits per heavy atom. The Balaban J connectivity index is 1.51. The van der Waals surface area contributed by atoms with Gasteiger partial charge in [0.05, 0.1) is 18.2 Å². The average Bonchev–Trinajstić information content (AvgIpc) is 2.83. The van der Waals surface area contributed by atoms with E-state index in [1.807, 2.05) is 0 Å². The number of carbonyl (C=O) groups is 2. The molecule has 0 aliphatic heterocycles. The highest BCUT2D eigenvalue weighted by Crippen LogP contribution is 2.24. The van der Waals surface area contributed by atoms with Gasteiger partial charge in [-0.15, -0.1) is 0 Å². The normalized spacial score (nSPS) is 11.2. The third-order valence-electron chi connectivity index (χ3n) is 4.89. The smallest absolute Gasteiger partial charge is 0.262 e. The number of halogens is 2. The molecule has 0 aliphatic rings. The maximum Gasteiger partial charge on any atom is 0.262 e. The quantitative estimate of drug-likeness (QED) is 0.283. The lowest BCUT2D eigenvalue weighted by Crippen LogP contribution is -2.39. The molecule has 3 aromatic rings. The molecule has 0 spiro atoms. The van der Waals surface area contributed by atoms with Gasteiger partial charge < -0.3 is 10.1 Å². The molecule has 194 valence electrons. The summed E-state index contributed by atoms with van der Waals surface area (Å²) in [5.74, 6) is -0.515. The molecule has 0 aliphatic carbocycles. The molecule has 0 atom stereocenters. The van der Waals surface area contributed by atoms with Crippen molar-refractivity contribution in [2.24, 2.45) is 5.10 Å². The van der Waals surface area contributed by atoms with E-state index in [0.717, 1.165) is 16.1 Å². The molecule has 9 nitrogen and oxygen atoms in total. The monoisotopic (exact) mass is 562 g/mol. The summed E-state index contributed by atoms with van der Waals surface area (Å²) in [5, 5.41) is 7.45. The fourth-order valence-electron chi connectivity index (χ4n) is 3.04. The fourth-order valence-corrected chi connectivity index (χ4v) is 4.26. The van der Waals surface area contributed by atoms with Gasteiger partial charge in [-0.1, -0.05) is 35.3 Å². The molecule has 2 N–H and O–H groups in total. The summed E-state index contributed by atoms with van der Waals surface area (Å²) < 4.78 is 30.8. The van der Waals surface area contributed by atoms with E-state index in [2.05, 4.69) is 15.8 Å². The maximum atomic E-state index is 12.3. The first-order valence-electron chi connectivity index (χ1n) is 10.9. The predicted molar refractivity (Wildman–Crippen MR) is 146 cm³/mol. The van der Waals surface area contributed by atoms with Crippen LogP contribution >= 0.6 is 23.2 Å². The zero-order chi connectivity index (χ0) is 27.0. The first-order valence-corrected chi connectivity index (χ1v) is 13.5. The summed E-state index contributed by atoms with van der Waals surface area (Å²) in [5.41, 5.74) is 4.57. The van der Waals surface area contributed by atoms with Crippen LogP contribution in [0.2, 0.25) is 10.0 Å². The number of nitrogens with zero attached hydrogens (tertiary/aromatic N) is 2. The lowest BCUT2D eigenvalue weighted by atomic mass is 10.2. The second kappa shape index (κ2) is 12.6. The average molecular weight is 563 g/mol. The van der Waals surface area contributed by atoms with E-state index in [-0.39, 0.29) is 18.2 Å². The summed E-state index contributed by atoms with van der Waals surface area (Å²) in [7, 11) is -3.74. The Hall–Kier alpha value is -3.60. The number of carbonyl (C=O) groups excluding carboxylic acids is 2. The summed E-state index contributed by atoms with van der Waals surface area (Å²) in [6, 6.07) is 18.1. The van der Waals surface area contributed by atoms with Crippen molar-refractivity contribution < 1.29 is 22.7 Å². The minimum absolute atomic E-state index is 0.195. The van der Waals surface area contributed by atoms with E-state index in [1.54, 1.807) is 67.6 Å². The van der Waals surface area contributed by atoms with Crippen molar-refractivity contribution in [1.29, 1.82) is 0 Å². The van der Waals surface area contributed by atoms with Gasteiger partial charge in [-0.2, -0.15) is 5.10 Å². The zero-order valence-electron chi connectivity index (χ0n) is 19.9. The molecule has 0 radical (unpaired) electrons. The molecule has 0 unspecified atom stereocenters. The predicted octanol–water partition coefficient (Wildman–Crippen LogP) is 4.24. The van der Waals surface area contributed by atoms with Crippen LogP contribution in [0.4, 0.5) is 11.4 Å². The molecule has 3 rings (SSSR count). The summed E-state index contributed by atoms with van der Waals surface area (Å²) in [4.78, 5) is 24.4. The van der Waals surface area contributed by atoms with Crippen LogP contribution in [0.5, 0.6) is 5.75 Å². The highest BCUT2D eigenvalue weighted by Gasteiger charge is 2.21. The number of nitrogens with one attached hydrogen (secondary N) is 2. The van der Waals surface area contributed by atoms with Crippen LogP contribution in [-0.4, -0.2) is 45.9 Å². The Kier molecular flexibility index (Phi) is 9.51. The number of ether oxygens (including phenoxy) is 1. The minimum Gasteiger partial charge on any atom is -0.484 e. The van der Waals surface area contributed by atoms with Crippen LogP contribution < -0.4 is 19.8 Å². The molecule has 0 heterocycles. The molecular formula is C25H24Cl2N4O5S. The van der Waals surface area contributed by atoms with Crippen LogP contribution in [0.15, 0.2) is 71.8 Å². The number of amides is 2. The topological polar surface area (TPSA) is 117 Å². The van der Waals surface area contributed by atoms with Gasteiger partial charge in [-0.3, -0.25) is 13.9 Å². The van der Waals surface area contributed by atoms with Gasteiger partial charge in [0.2, 0.25) is 10.0 Å². The number of sulfonamides is 1. The van der Waals surface area contributed by atoms with Crippen LogP contribution in [0.3, 0.4) is 0 Å². The Morgan fingerprint density at radius 3 is 2.41 bits per heavy atom. The highest BCUT2D eigenvalue weighted by molar-refractivity contribution is 7.92. The minimum atomic E-state index is -3.74. The first kappa shape index (κ1) is 28.0. The fraction of sp³-hybridized carbons (Fsp3) is 0.160. The SMILES string of the molecule is Cc1ccc(N(CC(=O)N/N=C\c2ccc(OCC(=O)Nc3cccc(Cl)c3)cc2)S(C)(=O)=O)cc1Cl. The lowest BCUT2D eigenvalue weighted by Gasteiger charge is -2.21. The maximum absolute atomic E-state index is 12.3. The van der Waals surface area contributed by atoms with Gasteiger partial charge in [0.1, 0.15) is 12.3 Å². The van der Waals surface area contributed by atoms with Gasteiger partial charge in [-0.05, 0) is 72.6 Å². The van der Waals surface area contributed by atoms with Gasteiger partial charge in [0, 0.05) is 15.7 Å². The number of hydrazone groups is 1. The molecular weight excluding hydrogens is 539 g/mol. The van der Waals surface area contributed by atoms with Gasteiger partial charge in [0.25, 0.3) is 11.8 Å². The van der Waals surface area contributed by atoms with Crippen LogP contribution in [0.25, 0.3) is 0 Å². The van der Waals surface area contributed by atoms with E-state index in [0.29, 0.717) is 27.0 Å². The van der Waals surface area contributed by atoms with Crippen molar-refractivity contribution in [3.8, 4) is 5.75 Å². The van der Waals surface area contributed by atoms with E-state index in [1.165, 1.54) is 12.3 Å². The van der Waals surface area contributed by atoms with Crippen molar-refractivity contribution in [3.63, 3.8) is 0 Å². The second-order valence-corrected chi connectivity index (χ2v) is 10.7. The molecule has 0 aromatic heterocycles. The standard InChI is InChI=1S/C25H24Cl2N4O5S/c1-17-6-9-21(13-23(17)27)31(37(2,34)35)15-24(32)30-28-14-18-7-10-22(11-8-18)36-16-25(33)29-20-5-3-4-19(26)12-20/h3-14H,15-16H2,1-2H3,(H,29,33)(H,30,32)/b28-14-. The first-order chi connectivity index (χ1) is 17.5. The lowest BCUT2D eigenvalue weighted by molar-refractivity contribution is -0.119. The Labute approximate surface area is 225 Å². The van der Waals surface area contributed by atoms with Gasteiger partial charge in [0.15, 0.2) is 6.61 Å². The van der Waals surface area contributed by atoms with E-state index < -0.39 is 22.5 Å². The molecule has 2 amide bonds. The van der Waals surface area contributed by atoms with E-state index >= 15 is 0 Å². The summed E-state index contributed by atoms with van der Waals surface area (Å²) in [6.07, 6.45) is 2.39. The molecule has 37 heavy (non-hydrogen) atoms. The third kappa shape index (κ3) is 8.78. The van der Waals surface area contributed by atoms with Crippen molar-refractivity contribution in [2.75, 3.05) is 29.0 Å². The number of aryl methyl sites for hydroxylation is 1. The molecule has 0 fully saturated rings. The van der Waals surface area contributed by atoms with E-state index in [4.69, 9.17) is 27.9 Å². The number of benzene rings is 3. The molecule has 0 bridgehead atoms. The zero-order valence-corrected chi connectivity index (χ0v) is 22.3. The van der Waals surface area contributed by atoms with Crippen molar-refractivity contribution in [1.82, 2.24) is 5.43 Å². The number of hydrogen-bond donors (Lipinski definition) is 2. The van der Waals surface area contributed by atoms with Gasteiger partial charge >= 0.3 is 0 Å². The molecule has 12 heteroatoms. The van der Waals surface area contributed by atoms with Crippen molar-refractivity contribution in [3.05, 3.63) is 87.9 Å². The third-order valence-corrected chi connectivity index (χ3v) is 6.68.